The van der Waals surface area contributed by atoms with Gasteiger partial charge in [0.25, 0.3) is 0 Å². The Hall–Kier alpha value is -0.730. The van der Waals surface area contributed by atoms with E-state index in [4.69, 9.17) is 16.3 Å². The van der Waals surface area contributed by atoms with Gasteiger partial charge in [-0.3, -0.25) is 0 Å². The van der Waals surface area contributed by atoms with Gasteiger partial charge in [-0.15, -0.1) is 11.6 Å². The first kappa shape index (κ1) is 14.7. The van der Waals surface area contributed by atoms with Gasteiger partial charge in [-0.25, -0.2) is 0 Å². The molecule has 0 heterocycles. The van der Waals surface area contributed by atoms with Crippen LogP contribution in [0.5, 0.6) is 5.75 Å². The molecule has 0 spiro atoms. The summed E-state index contributed by atoms with van der Waals surface area (Å²) in [5, 5.41) is 3.93. The summed E-state index contributed by atoms with van der Waals surface area (Å²) in [6.45, 7) is 1.00. The van der Waals surface area contributed by atoms with Gasteiger partial charge in [-0.1, -0.05) is 31.4 Å². The lowest BCUT2D eigenvalue weighted by atomic mass is 10.1. The molecular weight excluding hydrogens is 258 g/mol. The highest BCUT2D eigenvalue weighted by atomic mass is 35.5. The molecule has 3 heteroatoms. The van der Waals surface area contributed by atoms with Gasteiger partial charge in [0.15, 0.2) is 0 Å². The second-order valence-electron chi connectivity index (χ2n) is 5.31. The van der Waals surface area contributed by atoms with E-state index in [0.717, 1.165) is 25.1 Å². The van der Waals surface area contributed by atoms with E-state index >= 15 is 0 Å². The lowest BCUT2D eigenvalue weighted by Crippen LogP contribution is -2.37. The van der Waals surface area contributed by atoms with Crippen LogP contribution in [-0.4, -0.2) is 25.1 Å². The fraction of sp³-hybridized carbons (Fsp3) is 0.625. The van der Waals surface area contributed by atoms with Crippen molar-refractivity contribution in [3.63, 3.8) is 0 Å². The number of alkyl halides is 1. The quantitative estimate of drug-likeness (QED) is 0.655. The number of ether oxygens (including phenoxy) is 1. The summed E-state index contributed by atoms with van der Waals surface area (Å²) in [5.41, 5.74) is 1.34. The summed E-state index contributed by atoms with van der Waals surface area (Å²) in [7, 11) is 1.70. The first-order chi connectivity index (χ1) is 9.29. The molecule has 106 valence electrons. The Labute approximate surface area is 121 Å². The number of nitrogens with one attached hydrogen (secondary N) is 1. The Morgan fingerprint density at radius 2 is 1.89 bits per heavy atom. The lowest BCUT2D eigenvalue weighted by molar-refractivity contribution is 0.414. The fourth-order valence-electron chi connectivity index (χ4n) is 2.69. The van der Waals surface area contributed by atoms with Gasteiger partial charge < -0.3 is 10.1 Å². The minimum absolute atomic E-state index is 0.304. The second kappa shape index (κ2) is 7.76. The van der Waals surface area contributed by atoms with Gasteiger partial charge in [0.1, 0.15) is 5.75 Å². The average Bonchev–Trinajstić information content (AvgIpc) is 2.65. The molecule has 2 atom stereocenters. The third kappa shape index (κ3) is 4.70. The topological polar surface area (TPSA) is 21.3 Å². The van der Waals surface area contributed by atoms with E-state index < -0.39 is 0 Å². The van der Waals surface area contributed by atoms with Crippen molar-refractivity contribution in [2.24, 2.45) is 0 Å². The molecule has 1 aliphatic rings. The molecular formula is C16H24ClNO. The maximum Gasteiger partial charge on any atom is 0.118 e. The molecule has 1 aromatic rings. The Bertz CT molecular complexity index is 366. The van der Waals surface area contributed by atoms with E-state index in [0.29, 0.717) is 11.4 Å². The summed E-state index contributed by atoms with van der Waals surface area (Å²) in [6, 6.07) is 8.79. The monoisotopic (exact) mass is 281 g/mol. The van der Waals surface area contributed by atoms with Gasteiger partial charge >= 0.3 is 0 Å². The molecule has 0 bridgehead atoms. The zero-order valence-electron chi connectivity index (χ0n) is 11.7. The number of methoxy groups -OCH3 is 1. The van der Waals surface area contributed by atoms with Crippen molar-refractivity contribution >= 4 is 11.6 Å². The summed E-state index contributed by atoms with van der Waals surface area (Å²) < 4.78 is 5.16. The molecule has 2 unspecified atom stereocenters. The Kier molecular flexibility index (Phi) is 5.99. The summed E-state index contributed by atoms with van der Waals surface area (Å²) in [4.78, 5) is 0. The van der Waals surface area contributed by atoms with E-state index in [-0.39, 0.29) is 0 Å². The third-order valence-corrected chi connectivity index (χ3v) is 4.43. The van der Waals surface area contributed by atoms with Crippen LogP contribution in [0.3, 0.4) is 0 Å². The minimum atomic E-state index is 0.304. The van der Waals surface area contributed by atoms with E-state index in [2.05, 4.69) is 17.4 Å². The number of hydrogen-bond donors (Lipinski definition) is 1. The SMILES string of the molecule is COc1ccc(CCNC2CCCCCC2Cl)cc1. The van der Waals surface area contributed by atoms with Gasteiger partial charge in [0.05, 0.1) is 7.11 Å². The van der Waals surface area contributed by atoms with Crippen LogP contribution in [0.4, 0.5) is 0 Å². The molecule has 1 aliphatic carbocycles. The summed E-state index contributed by atoms with van der Waals surface area (Å²) in [6.07, 6.45) is 7.34. The molecule has 1 N–H and O–H groups in total. The standard InChI is InChI=1S/C16H24ClNO/c1-19-14-9-7-13(8-10-14)11-12-18-16-6-4-2-3-5-15(16)17/h7-10,15-16,18H,2-6,11-12H2,1H3. The van der Waals surface area contributed by atoms with Crippen LogP contribution in [0.1, 0.15) is 37.7 Å². The van der Waals surface area contributed by atoms with E-state index in [9.17, 15) is 0 Å². The molecule has 2 rings (SSSR count). The van der Waals surface area contributed by atoms with Crippen molar-refractivity contribution in [1.82, 2.24) is 5.32 Å². The van der Waals surface area contributed by atoms with Crippen LogP contribution < -0.4 is 10.1 Å². The predicted molar refractivity (Wildman–Crippen MR) is 81.2 cm³/mol. The van der Waals surface area contributed by atoms with Crippen LogP contribution in [-0.2, 0) is 6.42 Å². The summed E-state index contributed by atoms with van der Waals surface area (Å²) >= 11 is 6.43. The van der Waals surface area contributed by atoms with Gasteiger partial charge in [0.2, 0.25) is 0 Å². The van der Waals surface area contributed by atoms with E-state index in [1.165, 1.54) is 31.2 Å². The lowest BCUT2D eigenvalue weighted by Gasteiger charge is -2.21. The van der Waals surface area contributed by atoms with Crippen molar-refractivity contribution < 1.29 is 4.74 Å². The normalized spacial score (nSPS) is 23.9. The Morgan fingerprint density at radius 3 is 2.63 bits per heavy atom. The molecule has 0 aromatic heterocycles. The van der Waals surface area contributed by atoms with Gasteiger partial charge in [-0.05, 0) is 43.5 Å². The minimum Gasteiger partial charge on any atom is -0.497 e. The molecule has 0 amide bonds. The van der Waals surface area contributed by atoms with Crippen molar-refractivity contribution in [2.75, 3.05) is 13.7 Å². The average molecular weight is 282 g/mol. The maximum atomic E-state index is 6.43. The first-order valence-corrected chi connectivity index (χ1v) is 7.73. The second-order valence-corrected chi connectivity index (χ2v) is 5.87. The van der Waals surface area contributed by atoms with Crippen LogP contribution in [0.25, 0.3) is 0 Å². The molecule has 0 aliphatic heterocycles. The zero-order chi connectivity index (χ0) is 13.5. The van der Waals surface area contributed by atoms with Crippen molar-refractivity contribution in [3.05, 3.63) is 29.8 Å². The molecule has 2 nitrogen and oxygen atoms in total. The van der Waals surface area contributed by atoms with Crippen LogP contribution in [0.2, 0.25) is 0 Å². The highest BCUT2D eigenvalue weighted by Crippen LogP contribution is 2.22. The summed E-state index contributed by atoms with van der Waals surface area (Å²) in [5.74, 6) is 0.918. The predicted octanol–water partition coefficient (Wildman–Crippen LogP) is 3.77. The Morgan fingerprint density at radius 1 is 1.16 bits per heavy atom. The number of benzene rings is 1. The van der Waals surface area contributed by atoms with Crippen LogP contribution >= 0.6 is 11.6 Å². The molecule has 1 fully saturated rings. The fourth-order valence-corrected chi connectivity index (χ4v) is 3.06. The molecule has 0 radical (unpaired) electrons. The zero-order valence-corrected chi connectivity index (χ0v) is 12.5. The number of halogens is 1. The highest BCUT2D eigenvalue weighted by Gasteiger charge is 2.20. The molecule has 0 saturated heterocycles. The van der Waals surface area contributed by atoms with Gasteiger partial charge in [0, 0.05) is 11.4 Å². The number of hydrogen-bond acceptors (Lipinski definition) is 2. The molecule has 1 saturated carbocycles. The van der Waals surface area contributed by atoms with Gasteiger partial charge in [-0.2, -0.15) is 0 Å². The van der Waals surface area contributed by atoms with Crippen LogP contribution in [0.15, 0.2) is 24.3 Å². The van der Waals surface area contributed by atoms with Crippen molar-refractivity contribution in [1.29, 1.82) is 0 Å². The third-order valence-electron chi connectivity index (χ3n) is 3.91. The molecule has 1 aromatic carbocycles. The maximum absolute atomic E-state index is 6.43. The van der Waals surface area contributed by atoms with Crippen LogP contribution in [0, 0.1) is 0 Å². The Balaban J connectivity index is 1.75. The van der Waals surface area contributed by atoms with Crippen molar-refractivity contribution in [2.45, 2.75) is 49.9 Å². The first-order valence-electron chi connectivity index (χ1n) is 7.30. The smallest absolute Gasteiger partial charge is 0.118 e. The molecule has 19 heavy (non-hydrogen) atoms. The number of rotatable bonds is 5. The van der Waals surface area contributed by atoms with Crippen molar-refractivity contribution in [3.8, 4) is 5.75 Å². The highest BCUT2D eigenvalue weighted by molar-refractivity contribution is 6.21. The van der Waals surface area contributed by atoms with E-state index in [1.54, 1.807) is 7.11 Å². The van der Waals surface area contributed by atoms with E-state index in [1.807, 2.05) is 12.1 Å². The largest absolute Gasteiger partial charge is 0.497 e.